The van der Waals surface area contributed by atoms with E-state index in [4.69, 9.17) is 0 Å². The van der Waals surface area contributed by atoms with Gasteiger partial charge in [-0.2, -0.15) is 4.57 Å². The minimum Gasteiger partial charge on any atom is -0.299 e. The number of anilines is 1. The Morgan fingerprint density at radius 2 is 1.74 bits per heavy atom. The van der Waals surface area contributed by atoms with Crippen LogP contribution in [-0.2, 0) is 17.9 Å². The Morgan fingerprint density at radius 1 is 1.00 bits per heavy atom. The Balaban J connectivity index is 1.72. The van der Waals surface area contributed by atoms with Crippen LogP contribution in [-0.4, -0.2) is 10.5 Å². The molecule has 0 fully saturated rings. The topological polar surface area (TPSA) is 46.2 Å². The molecule has 0 atom stereocenters. The molecule has 0 aliphatic rings. The molecule has 3 aromatic carbocycles. The molecule has 0 saturated heterocycles. The highest BCUT2D eigenvalue weighted by atomic mass is 32.1. The van der Waals surface area contributed by atoms with Gasteiger partial charge in [0, 0.05) is 25.4 Å². The number of amides is 1. The standard InChI is InChI=1S/C28H26N3O2S2/c1-4-29-25(34-23-16-15-20-11-9-10-14-22(20)27(23)29)17-26-30(5-2)28(33)24(35-26)18-31(19(3)32)21-12-7-6-8-13-21/h6-18H,4-5H2,1-3H3/q+1/b24-18+. The van der Waals surface area contributed by atoms with E-state index < -0.39 is 0 Å². The summed E-state index contributed by atoms with van der Waals surface area (Å²) in [5.41, 5.74) is 1.88. The first-order valence-corrected chi connectivity index (χ1v) is 13.3. The summed E-state index contributed by atoms with van der Waals surface area (Å²) in [4.78, 5) is 27.2. The summed E-state index contributed by atoms with van der Waals surface area (Å²) < 4.78 is 6.73. The van der Waals surface area contributed by atoms with Gasteiger partial charge in [-0.05, 0) is 43.5 Å². The van der Waals surface area contributed by atoms with Gasteiger partial charge in [0.15, 0.2) is 0 Å². The first-order chi connectivity index (χ1) is 17.0. The molecule has 2 aromatic heterocycles. The van der Waals surface area contributed by atoms with E-state index in [2.05, 4.69) is 54.0 Å². The summed E-state index contributed by atoms with van der Waals surface area (Å²) in [5, 5.41) is 3.55. The molecule has 0 spiro atoms. The largest absolute Gasteiger partial charge is 0.299 e. The van der Waals surface area contributed by atoms with Gasteiger partial charge in [-0.3, -0.25) is 19.1 Å². The summed E-state index contributed by atoms with van der Waals surface area (Å²) in [6.07, 6.45) is 3.77. The molecule has 0 bridgehead atoms. The van der Waals surface area contributed by atoms with Crippen LogP contribution in [0.15, 0.2) is 71.5 Å². The van der Waals surface area contributed by atoms with Crippen molar-refractivity contribution in [3.63, 3.8) is 0 Å². The third kappa shape index (κ3) is 4.22. The lowest BCUT2D eigenvalue weighted by atomic mass is 10.1. The van der Waals surface area contributed by atoms with Gasteiger partial charge >= 0.3 is 0 Å². The smallest absolute Gasteiger partial charge is 0.270 e. The SMILES string of the molecule is CCn1c(=O)/c(=C\N(C(C)=O)c2ccccc2)s/c1=C\c1sc2ccc3ccccc3c2[n+]1CC. The van der Waals surface area contributed by atoms with E-state index in [1.54, 1.807) is 22.1 Å². The molecule has 0 aliphatic heterocycles. The molecule has 7 heteroatoms. The summed E-state index contributed by atoms with van der Waals surface area (Å²) in [6.45, 7) is 7.01. The first-order valence-electron chi connectivity index (χ1n) is 11.6. The number of thiazole rings is 2. The van der Waals surface area contributed by atoms with Crippen LogP contribution in [0.4, 0.5) is 5.69 Å². The second kappa shape index (κ2) is 9.60. The van der Waals surface area contributed by atoms with Crippen LogP contribution >= 0.6 is 22.7 Å². The number of carbonyl (C=O) groups is 1. The Kier molecular flexibility index (Phi) is 6.36. The van der Waals surface area contributed by atoms with Gasteiger partial charge in [0.25, 0.3) is 10.6 Å². The summed E-state index contributed by atoms with van der Waals surface area (Å²) in [7, 11) is 0. The van der Waals surface area contributed by atoms with Crippen molar-refractivity contribution < 1.29 is 9.36 Å². The van der Waals surface area contributed by atoms with Gasteiger partial charge in [-0.15, -0.1) is 11.3 Å². The lowest BCUT2D eigenvalue weighted by Crippen LogP contribution is -2.35. The highest BCUT2D eigenvalue weighted by molar-refractivity contribution is 7.19. The van der Waals surface area contributed by atoms with Gasteiger partial charge < -0.3 is 0 Å². The van der Waals surface area contributed by atoms with Crippen molar-refractivity contribution in [3.8, 4) is 0 Å². The maximum atomic E-state index is 13.3. The molecule has 5 rings (SSSR count). The fraction of sp³-hybridized carbons (Fsp3) is 0.179. The van der Waals surface area contributed by atoms with E-state index >= 15 is 0 Å². The normalized spacial score (nSPS) is 12.7. The summed E-state index contributed by atoms with van der Waals surface area (Å²) >= 11 is 3.15. The van der Waals surface area contributed by atoms with Gasteiger partial charge in [-0.25, -0.2) is 0 Å². The lowest BCUT2D eigenvalue weighted by molar-refractivity contribution is -0.664. The highest BCUT2D eigenvalue weighted by Gasteiger charge is 2.20. The Hall–Kier alpha value is -3.55. The molecule has 2 heterocycles. The number of carbonyl (C=O) groups excluding carboxylic acids is 1. The minimum absolute atomic E-state index is 0.0828. The van der Waals surface area contributed by atoms with Crippen LogP contribution < -0.4 is 24.2 Å². The molecule has 176 valence electrons. The monoisotopic (exact) mass is 500 g/mol. The van der Waals surface area contributed by atoms with Crippen LogP contribution in [0.25, 0.3) is 33.3 Å². The van der Waals surface area contributed by atoms with Gasteiger partial charge in [0.05, 0.1) is 11.5 Å². The van der Waals surface area contributed by atoms with E-state index in [9.17, 15) is 9.59 Å². The molecule has 35 heavy (non-hydrogen) atoms. The van der Waals surface area contributed by atoms with E-state index in [1.165, 1.54) is 44.1 Å². The molecule has 0 N–H and O–H groups in total. The number of hydrogen-bond acceptors (Lipinski definition) is 4. The van der Waals surface area contributed by atoms with Crippen molar-refractivity contribution in [1.29, 1.82) is 0 Å². The second-order valence-electron chi connectivity index (χ2n) is 8.17. The molecule has 5 aromatic rings. The maximum Gasteiger partial charge on any atom is 0.270 e. The highest BCUT2D eigenvalue weighted by Crippen LogP contribution is 2.28. The molecule has 0 saturated carbocycles. The molecular formula is C28H26N3O2S2+. The number of nitrogens with zero attached hydrogens (tertiary/aromatic N) is 3. The number of para-hydroxylation sites is 1. The van der Waals surface area contributed by atoms with E-state index in [-0.39, 0.29) is 11.5 Å². The van der Waals surface area contributed by atoms with E-state index in [0.29, 0.717) is 11.1 Å². The molecule has 0 radical (unpaired) electrons. The third-order valence-electron chi connectivity index (χ3n) is 6.05. The van der Waals surface area contributed by atoms with Gasteiger partial charge in [0.1, 0.15) is 20.4 Å². The van der Waals surface area contributed by atoms with Crippen molar-refractivity contribution in [2.75, 3.05) is 4.90 Å². The minimum atomic E-state index is -0.141. The zero-order valence-corrected chi connectivity index (χ0v) is 21.5. The number of aromatic nitrogens is 2. The van der Waals surface area contributed by atoms with E-state index in [1.807, 2.05) is 37.3 Å². The average Bonchev–Trinajstić information content (AvgIpc) is 3.38. The number of hydrogen-bond donors (Lipinski definition) is 0. The molecule has 5 nitrogen and oxygen atoms in total. The number of aryl methyl sites for hydroxylation is 1. The van der Waals surface area contributed by atoms with Crippen molar-refractivity contribution in [1.82, 2.24) is 4.57 Å². The van der Waals surface area contributed by atoms with Crippen LogP contribution in [0.1, 0.15) is 25.8 Å². The van der Waals surface area contributed by atoms with Gasteiger partial charge in [0.2, 0.25) is 11.4 Å². The van der Waals surface area contributed by atoms with Crippen LogP contribution in [0.2, 0.25) is 0 Å². The molecule has 0 unspecified atom stereocenters. The van der Waals surface area contributed by atoms with Crippen molar-refractivity contribution >= 4 is 67.5 Å². The quantitative estimate of drug-likeness (QED) is 0.339. The fourth-order valence-electron chi connectivity index (χ4n) is 4.39. The second-order valence-corrected chi connectivity index (χ2v) is 10.3. The van der Waals surface area contributed by atoms with Crippen molar-refractivity contribution in [2.45, 2.75) is 33.9 Å². The van der Waals surface area contributed by atoms with Crippen molar-refractivity contribution in [3.05, 3.63) is 91.3 Å². The fourth-order valence-corrected chi connectivity index (χ4v) is 6.71. The number of fused-ring (bicyclic) bond motifs is 3. The summed E-state index contributed by atoms with van der Waals surface area (Å²) in [5.74, 6) is -0.141. The predicted octanol–water partition coefficient (Wildman–Crippen LogP) is 4.22. The lowest BCUT2D eigenvalue weighted by Gasteiger charge is -2.15. The third-order valence-corrected chi connectivity index (χ3v) is 8.19. The van der Waals surface area contributed by atoms with Crippen LogP contribution in [0.3, 0.4) is 0 Å². The molecular weight excluding hydrogens is 474 g/mol. The average molecular weight is 501 g/mol. The van der Waals surface area contributed by atoms with Gasteiger partial charge in [-0.1, -0.05) is 53.8 Å². The summed E-state index contributed by atoms with van der Waals surface area (Å²) in [6, 6.07) is 22.2. The predicted molar refractivity (Wildman–Crippen MR) is 146 cm³/mol. The zero-order valence-electron chi connectivity index (χ0n) is 19.9. The molecule has 0 aliphatic carbocycles. The maximum absolute atomic E-state index is 13.3. The number of rotatable bonds is 5. The Labute approximate surface area is 211 Å². The Morgan fingerprint density at radius 3 is 2.46 bits per heavy atom. The molecule has 1 amide bonds. The first kappa shape index (κ1) is 23.2. The van der Waals surface area contributed by atoms with Crippen LogP contribution in [0, 0.1) is 0 Å². The van der Waals surface area contributed by atoms with Crippen LogP contribution in [0.5, 0.6) is 0 Å². The number of benzene rings is 3. The van der Waals surface area contributed by atoms with Crippen molar-refractivity contribution in [2.24, 2.45) is 0 Å². The zero-order chi connectivity index (χ0) is 24.5. The van der Waals surface area contributed by atoms with E-state index in [0.717, 1.165) is 21.9 Å². The Bertz CT molecular complexity index is 1730.